The van der Waals surface area contributed by atoms with Gasteiger partial charge in [0, 0.05) is 0 Å². The maximum Gasteiger partial charge on any atom is 0.340 e. The van der Waals surface area contributed by atoms with Crippen molar-refractivity contribution >= 4 is 5.97 Å². The molecule has 1 atom stereocenters. The Bertz CT molecular complexity index is 451. The minimum absolute atomic E-state index is 0.291. The molecule has 1 aliphatic rings. The maximum atomic E-state index is 12.1. The van der Waals surface area contributed by atoms with Gasteiger partial charge in [-0.25, -0.2) is 4.79 Å². The Morgan fingerprint density at radius 3 is 2.63 bits per heavy atom. The molecule has 1 saturated heterocycles. The van der Waals surface area contributed by atoms with E-state index in [1.807, 2.05) is 39.0 Å². The molecule has 0 aromatic heterocycles. The lowest BCUT2D eigenvalue weighted by atomic mass is 10.1. The van der Waals surface area contributed by atoms with Crippen LogP contribution in [0.15, 0.2) is 24.3 Å². The first-order valence-corrected chi connectivity index (χ1v) is 6.68. The first-order chi connectivity index (χ1) is 9.10. The van der Waals surface area contributed by atoms with E-state index in [2.05, 4.69) is 0 Å². The van der Waals surface area contributed by atoms with Crippen LogP contribution in [0.3, 0.4) is 0 Å². The standard InChI is InChI=1S/C15H20O4/c1-4-15(5-2)17-10-13(19-15)18-14(16)12-9-7-6-8-11(12)3/h6-9,13H,4-5,10H2,1-3H3. The highest BCUT2D eigenvalue weighted by Crippen LogP contribution is 2.31. The Hall–Kier alpha value is -1.39. The molecule has 0 radical (unpaired) electrons. The van der Waals surface area contributed by atoms with Gasteiger partial charge < -0.3 is 14.2 Å². The van der Waals surface area contributed by atoms with Gasteiger partial charge in [-0.15, -0.1) is 0 Å². The Labute approximate surface area is 113 Å². The number of hydrogen-bond acceptors (Lipinski definition) is 4. The zero-order valence-electron chi connectivity index (χ0n) is 11.6. The van der Waals surface area contributed by atoms with Crippen LogP contribution in [0, 0.1) is 6.92 Å². The first kappa shape index (κ1) is 14.0. The maximum absolute atomic E-state index is 12.1. The summed E-state index contributed by atoms with van der Waals surface area (Å²) in [4.78, 5) is 12.1. The molecule has 1 heterocycles. The molecule has 1 aromatic carbocycles. The molecule has 1 unspecified atom stereocenters. The molecule has 1 fully saturated rings. The average Bonchev–Trinajstić information content (AvgIpc) is 2.83. The molecule has 1 aromatic rings. The zero-order chi connectivity index (χ0) is 13.9. The molecule has 2 rings (SSSR count). The lowest BCUT2D eigenvalue weighted by molar-refractivity contribution is -0.201. The summed E-state index contributed by atoms with van der Waals surface area (Å²) in [6.45, 7) is 6.16. The quantitative estimate of drug-likeness (QED) is 0.784. The van der Waals surface area contributed by atoms with Crippen molar-refractivity contribution < 1.29 is 19.0 Å². The second kappa shape index (κ2) is 5.72. The number of aryl methyl sites for hydroxylation is 1. The van der Waals surface area contributed by atoms with Crippen LogP contribution in [0.2, 0.25) is 0 Å². The van der Waals surface area contributed by atoms with E-state index in [4.69, 9.17) is 14.2 Å². The molecule has 0 aliphatic carbocycles. The van der Waals surface area contributed by atoms with E-state index < -0.39 is 12.1 Å². The van der Waals surface area contributed by atoms with Crippen molar-refractivity contribution in [3.8, 4) is 0 Å². The molecule has 4 heteroatoms. The Morgan fingerprint density at radius 2 is 2.05 bits per heavy atom. The van der Waals surface area contributed by atoms with Gasteiger partial charge in [0.15, 0.2) is 5.79 Å². The lowest BCUT2D eigenvalue weighted by Crippen LogP contribution is -2.30. The van der Waals surface area contributed by atoms with Gasteiger partial charge in [-0.05, 0) is 31.4 Å². The third kappa shape index (κ3) is 2.96. The molecule has 4 nitrogen and oxygen atoms in total. The average molecular weight is 264 g/mol. The molecule has 0 saturated carbocycles. The van der Waals surface area contributed by atoms with Gasteiger partial charge in [-0.1, -0.05) is 32.0 Å². The van der Waals surface area contributed by atoms with E-state index in [-0.39, 0.29) is 5.97 Å². The third-order valence-electron chi connectivity index (χ3n) is 3.51. The normalized spacial score (nSPS) is 21.3. The minimum atomic E-state index is -0.619. The van der Waals surface area contributed by atoms with Gasteiger partial charge in [0.05, 0.1) is 5.56 Å². The monoisotopic (exact) mass is 264 g/mol. The summed E-state index contributed by atoms with van der Waals surface area (Å²) in [5.41, 5.74) is 1.46. The molecule has 0 N–H and O–H groups in total. The number of rotatable bonds is 4. The van der Waals surface area contributed by atoms with Crippen LogP contribution in [-0.2, 0) is 14.2 Å². The van der Waals surface area contributed by atoms with E-state index in [9.17, 15) is 4.79 Å². The summed E-state index contributed by atoms with van der Waals surface area (Å²) in [7, 11) is 0. The smallest absolute Gasteiger partial charge is 0.340 e. The molecular formula is C15H20O4. The topological polar surface area (TPSA) is 44.8 Å². The number of hydrogen-bond donors (Lipinski definition) is 0. The molecule has 0 spiro atoms. The van der Waals surface area contributed by atoms with Crippen LogP contribution in [0.4, 0.5) is 0 Å². The first-order valence-electron chi connectivity index (χ1n) is 6.68. The Morgan fingerprint density at radius 1 is 1.37 bits per heavy atom. The Kier molecular flexibility index (Phi) is 4.22. The number of esters is 1. The van der Waals surface area contributed by atoms with Crippen molar-refractivity contribution in [1.82, 2.24) is 0 Å². The Balaban J connectivity index is 2.00. The molecule has 104 valence electrons. The fourth-order valence-corrected chi connectivity index (χ4v) is 2.19. The van der Waals surface area contributed by atoms with E-state index in [0.717, 1.165) is 18.4 Å². The van der Waals surface area contributed by atoms with Crippen molar-refractivity contribution in [3.63, 3.8) is 0 Å². The van der Waals surface area contributed by atoms with Crippen molar-refractivity contribution in [2.75, 3.05) is 6.61 Å². The zero-order valence-corrected chi connectivity index (χ0v) is 11.6. The molecule has 19 heavy (non-hydrogen) atoms. The van der Waals surface area contributed by atoms with Crippen molar-refractivity contribution in [2.45, 2.75) is 45.7 Å². The van der Waals surface area contributed by atoms with Crippen molar-refractivity contribution in [1.29, 1.82) is 0 Å². The summed E-state index contributed by atoms with van der Waals surface area (Å²) < 4.78 is 16.7. The summed E-state index contributed by atoms with van der Waals surface area (Å²) in [6, 6.07) is 7.34. The highest BCUT2D eigenvalue weighted by Gasteiger charge is 2.40. The van der Waals surface area contributed by atoms with Crippen LogP contribution >= 0.6 is 0 Å². The van der Waals surface area contributed by atoms with Crippen LogP contribution < -0.4 is 0 Å². The SMILES string of the molecule is CCC1(CC)OCC(OC(=O)c2ccccc2C)O1. The van der Waals surface area contributed by atoms with Gasteiger partial charge in [0.25, 0.3) is 0 Å². The molecule has 0 bridgehead atoms. The van der Waals surface area contributed by atoms with Gasteiger partial charge in [0.1, 0.15) is 6.61 Å². The second-order valence-electron chi connectivity index (χ2n) is 4.70. The summed E-state index contributed by atoms with van der Waals surface area (Å²) >= 11 is 0. The van der Waals surface area contributed by atoms with Crippen LogP contribution in [0.25, 0.3) is 0 Å². The van der Waals surface area contributed by atoms with Gasteiger partial charge in [0.2, 0.25) is 6.29 Å². The van der Waals surface area contributed by atoms with E-state index in [1.54, 1.807) is 6.07 Å². The fourth-order valence-electron chi connectivity index (χ4n) is 2.19. The van der Waals surface area contributed by atoms with Crippen molar-refractivity contribution in [2.24, 2.45) is 0 Å². The van der Waals surface area contributed by atoms with E-state index in [1.165, 1.54) is 0 Å². The highest BCUT2D eigenvalue weighted by molar-refractivity contribution is 5.91. The van der Waals surface area contributed by atoms with Gasteiger partial charge >= 0.3 is 5.97 Å². The summed E-state index contributed by atoms with van der Waals surface area (Å²) in [5.74, 6) is -0.967. The number of carbonyl (C=O) groups is 1. The lowest BCUT2D eigenvalue weighted by Gasteiger charge is -2.24. The number of ether oxygens (including phenoxy) is 3. The predicted molar refractivity (Wildman–Crippen MR) is 70.7 cm³/mol. The summed E-state index contributed by atoms with van der Waals surface area (Å²) in [6.07, 6.45) is 0.858. The third-order valence-corrected chi connectivity index (χ3v) is 3.51. The minimum Gasteiger partial charge on any atom is -0.429 e. The molecule has 1 aliphatic heterocycles. The predicted octanol–water partition coefficient (Wildman–Crippen LogP) is 3.04. The molecule has 0 amide bonds. The molecular weight excluding hydrogens is 244 g/mol. The second-order valence-corrected chi connectivity index (χ2v) is 4.70. The largest absolute Gasteiger partial charge is 0.429 e. The van der Waals surface area contributed by atoms with Crippen molar-refractivity contribution in [3.05, 3.63) is 35.4 Å². The van der Waals surface area contributed by atoms with Crippen LogP contribution in [-0.4, -0.2) is 24.7 Å². The van der Waals surface area contributed by atoms with Crippen LogP contribution in [0.1, 0.15) is 42.6 Å². The summed E-state index contributed by atoms with van der Waals surface area (Å²) in [5, 5.41) is 0. The van der Waals surface area contributed by atoms with Gasteiger partial charge in [-0.2, -0.15) is 0 Å². The van der Waals surface area contributed by atoms with E-state index in [0.29, 0.717) is 12.2 Å². The van der Waals surface area contributed by atoms with Gasteiger partial charge in [-0.3, -0.25) is 0 Å². The highest BCUT2D eigenvalue weighted by atomic mass is 16.8. The number of carbonyl (C=O) groups excluding carboxylic acids is 1. The number of benzene rings is 1. The van der Waals surface area contributed by atoms with E-state index >= 15 is 0 Å². The van der Waals surface area contributed by atoms with Crippen LogP contribution in [0.5, 0.6) is 0 Å². The fraction of sp³-hybridized carbons (Fsp3) is 0.533.